The van der Waals surface area contributed by atoms with Crippen molar-refractivity contribution in [2.45, 2.75) is 44.0 Å². The van der Waals surface area contributed by atoms with Gasteiger partial charge in [0.1, 0.15) is 6.17 Å². The van der Waals surface area contributed by atoms with E-state index in [1.54, 1.807) is 0 Å². The highest BCUT2D eigenvalue weighted by atomic mass is 19.1. The van der Waals surface area contributed by atoms with Crippen molar-refractivity contribution in [2.75, 3.05) is 6.61 Å². The quantitative estimate of drug-likeness (QED) is 0.873. The van der Waals surface area contributed by atoms with Crippen LogP contribution in [-0.2, 0) is 11.2 Å². The Hall–Kier alpha value is -0.930. The van der Waals surface area contributed by atoms with Gasteiger partial charge in [0, 0.05) is 6.04 Å². The van der Waals surface area contributed by atoms with Gasteiger partial charge in [-0.3, -0.25) is 0 Å². The smallest absolute Gasteiger partial charge is 0.128 e. The van der Waals surface area contributed by atoms with Gasteiger partial charge in [-0.1, -0.05) is 30.3 Å². The molecule has 0 heterocycles. The van der Waals surface area contributed by atoms with Crippen molar-refractivity contribution >= 4 is 0 Å². The lowest BCUT2D eigenvalue weighted by Crippen LogP contribution is -2.39. The number of rotatable bonds is 4. The number of ether oxygens (including phenoxy) is 1. The van der Waals surface area contributed by atoms with Crippen LogP contribution in [0.2, 0.25) is 0 Å². The van der Waals surface area contributed by atoms with Crippen molar-refractivity contribution in [2.24, 2.45) is 5.73 Å². The molecular formula is C14H20FNO. The molecule has 0 bridgehead atoms. The summed E-state index contributed by atoms with van der Waals surface area (Å²) in [4.78, 5) is 0. The molecule has 2 nitrogen and oxygen atoms in total. The van der Waals surface area contributed by atoms with Gasteiger partial charge in [0.25, 0.3) is 0 Å². The predicted molar refractivity (Wildman–Crippen MR) is 66.6 cm³/mol. The third-order valence-corrected chi connectivity index (χ3v) is 3.32. The lowest BCUT2D eigenvalue weighted by Gasteiger charge is -2.29. The Labute approximate surface area is 102 Å². The second-order valence-electron chi connectivity index (χ2n) is 4.73. The summed E-state index contributed by atoms with van der Waals surface area (Å²) in [6, 6.07) is 10.1. The van der Waals surface area contributed by atoms with Crippen molar-refractivity contribution in [3.8, 4) is 0 Å². The van der Waals surface area contributed by atoms with E-state index in [1.165, 1.54) is 5.56 Å². The lowest BCUT2D eigenvalue weighted by molar-refractivity contribution is -0.0267. The molecule has 2 N–H and O–H groups in total. The molecule has 17 heavy (non-hydrogen) atoms. The van der Waals surface area contributed by atoms with Crippen LogP contribution in [0.15, 0.2) is 30.3 Å². The minimum Gasteiger partial charge on any atom is -0.375 e. The van der Waals surface area contributed by atoms with Crippen molar-refractivity contribution in [1.29, 1.82) is 0 Å². The van der Waals surface area contributed by atoms with Gasteiger partial charge in [-0.25, -0.2) is 4.39 Å². The molecule has 0 aliphatic heterocycles. The molecule has 3 atom stereocenters. The summed E-state index contributed by atoms with van der Waals surface area (Å²) >= 11 is 0. The maximum Gasteiger partial charge on any atom is 0.128 e. The third kappa shape index (κ3) is 3.79. The lowest BCUT2D eigenvalue weighted by atomic mass is 9.92. The maximum atomic E-state index is 13.6. The Balaban J connectivity index is 1.72. The van der Waals surface area contributed by atoms with Crippen LogP contribution in [0.4, 0.5) is 4.39 Å². The van der Waals surface area contributed by atoms with Crippen LogP contribution >= 0.6 is 0 Å². The summed E-state index contributed by atoms with van der Waals surface area (Å²) in [5.74, 6) is 0. The van der Waals surface area contributed by atoms with Crippen LogP contribution in [0.5, 0.6) is 0 Å². The minimum atomic E-state index is -0.894. The van der Waals surface area contributed by atoms with E-state index in [4.69, 9.17) is 10.5 Å². The molecule has 94 valence electrons. The Kier molecular flexibility index (Phi) is 4.51. The average Bonchev–Trinajstić information content (AvgIpc) is 2.33. The molecule has 1 saturated carbocycles. The van der Waals surface area contributed by atoms with Crippen molar-refractivity contribution in [3.63, 3.8) is 0 Å². The van der Waals surface area contributed by atoms with Crippen LogP contribution in [0.3, 0.4) is 0 Å². The summed E-state index contributed by atoms with van der Waals surface area (Å²) in [7, 11) is 0. The summed E-state index contributed by atoms with van der Waals surface area (Å²) in [5, 5.41) is 0. The van der Waals surface area contributed by atoms with Gasteiger partial charge < -0.3 is 10.5 Å². The SMILES string of the molecule is NC1CCC(OCCc2ccccc2)C(F)C1. The number of alkyl halides is 1. The van der Waals surface area contributed by atoms with Gasteiger partial charge in [-0.15, -0.1) is 0 Å². The highest BCUT2D eigenvalue weighted by Crippen LogP contribution is 2.23. The number of halogens is 1. The van der Waals surface area contributed by atoms with E-state index in [9.17, 15) is 4.39 Å². The Morgan fingerprint density at radius 3 is 2.71 bits per heavy atom. The maximum absolute atomic E-state index is 13.6. The zero-order valence-electron chi connectivity index (χ0n) is 10.0. The van der Waals surface area contributed by atoms with Gasteiger partial charge >= 0.3 is 0 Å². The molecule has 1 aromatic carbocycles. The predicted octanol–water partition coefficient (Wildman–Crippen LogP) is 2.46. The standard InChI is InChI=1S/C14H20FNO/c15-13-10-12(16)6-7-14(13)17-9-8-11-4-2-1-3-5-11/h1-5,12-14H,6-10,16H2. The van der Waals surface area contributed by atoms with E-state index in [0.717, 1.165) is 19.3 Å². The zero-order chi connectivity index (χ0) is 12.1. The molecule has 0 aromatic heterocycles. The molecule has 0 spiro atoms. The molecule has 3 unspecified atom stereocenters. The van der Waals surface area contributed by atoms with E-state index in [-0.39, 0.29) is 12.1 Å². The summed E-state index contributed by atoms with van der Waals surface area (Å²) in [5.41, 5.74) is 6.94. The van der Waals surface area contributed by atoms with Gasteiger partial charge in [0.2, 0.25) is 0 Å². The monoisotopic (exact) mass is 237 g/mol. The molecular weight excluding hydrogens is 217 g/mol. The Morgan fingerprint density at radius 2 is 2.00 bits per heavy atom. The van der Waals surface area contributed by atoms with Crippen molar-refractivity contribution in [1.82, 2.24) is 0 Å². The van der Waals surface area contributed by atoms with Crippen LogP contribution in [0.1, 0.15) is 24.8 Å². The first-order valence-electron chi connectivity index (χ1n) is 6.31. The van der Waals surface area contributed by atoms with Crippen LogP contribution < -0.4 is 5.73 Å². The molecule has 1 fully saturated rings. The molecule has 2 rings (SSSR count). The van der Waals surface area contributed by atoms with Crippen LogP contribution in [0.25, 0.3) is 0 Å². The van der Waals surface area contributed by atoms with E-state index < -0.39 is 6.17 Å². The Bertz CT molecular complexity index is 330. The minimum absolute atomic E-state index is 0.0129. The van der Waals surface area contributed by atoms with Crippen molar-refractivity contribution < 1.29 is 9.13 Å². The first-order valence-corrected chi connectivity index (χ1v) is 6.31. The van der Waals surface area contributed by atoms with Gasteiger partial charge in [-0.2, -0.15) is 0 Å². The molecule has 0 amide bonds. The fraction of sp³-hybridized carbons (Fsp3) is 0.571. The molecule has 0 saturated heterocycles. The first kappa shape index (κ1) is 12.5. The second-order valence-corrected chi connectivity index (χ2v) is 4.73. The molecule has 3 heteroatoms. The molecule has 1 aliphatic rings. The molecule has 0 radical (unpaired) electrons. The first-order chi connectivity index (χ1) is 8.25. The van der Waals surface area contributed by atoms with E-state index in [0.29, 0.717) is 13.0 Å². The average molecular weight is 237 g/mol. The van der Waals surface area contributed by atoms with Gasteiger partial charge in [-0.05, 0) is 31.2 Å². The summed E-state index contributed by atoms with van der Waals surface area (Å²) < 4.78 is 19.2. The number of nitrogens with two attached hydrogens (primary N) is 1. The summed E-state index contributed by atoms with van der Waals surface area (Å²) in [6.07, 6.45) is 1.76. The number of hydrogen-bond donors (Lipinski definition) is 1. The topological polar surface area (TPSA) is 35.2 Å². The zero-order valence-corrected chi connectivity index (χ0v) is 10.0. The third-order valence-electron chi connectivity index (χ3n) is 3.32. The van der Waals surface area contributed by atoms with E-state index in [1.807, 2.05) is 18.2 Å². The largest absolute Gasteiger partial charge is 0.375 e. The van der Waals surface area contributed by atoms with Crippen molar-refractivity contribution in [3.05, 3.63) is 35.9 Å². The summed E-state index contributed by atoms with van der Waals surface area (Å²) in [6.45, 7) is 0.588. The fourth-order valence-corrected chi connectivity index (χ4v) is 2.28. The number of benzene rings is 1. The van der Waals surface area contributed by atoms with Crippen LogP contribution in [-0.4, -0.2) is 24.9 Å². The van der Waals surface area contributed by atoms with Gasteiger partial charge in [0.05, 0.1) is 12.7 Å². The fourth-order valence-electron chi connectivity index (χ4n) is 2.28. The second kappa shape index (κ2) is 6.12. The van der Waals surface area contributed by atoms with E-state index >= 15 is 0 Å². The normalized spacial score (nSPS) is 29.2. The van der Waals surface area contributed by atoms with Crippen LogP contribution in [0, 0.1) is 0 Å². The highest BCUT2D eigenvalue weighted by Gasteiger charge is 2.29. The number of hydrogen-bond acceptors (Lipinski definition) is 2. The highest BCUT2D eigenvalue weighted by molar-refractivity contribution is 5.14. The van der Waals surface area contributed by atoms with Gasteiger partial charge in [0.15, 0.2) is 0 Å². The molecule has 1 aromatic rings. The molecule has 1 aliphatic carbocycles. The van der Waals surface area contributed by atoms with E-state index in [2.05, 4.69) is 12.1 Å². The Morgan fingerprint density at radius 1 is 1.24 bits per heavy atom.